The fourth-order valence-electron chi connectivity index (χ4n) is 3.07. The van der Waals surface area contributed by atoms with Crippen molar-refractivity contribution in [3.05, 3.63) is 29.3 Å². The van der Waals surface area contributed by atoms with Crippen LogP contribution in [0.5, 0.6) is 0 Å². The van der Waals surface area contributed by atoms with Crippen LogP contribution < -0.4 is 5.32 Å². The Hall–Kier alpha value is -1.02. The average molecular weight is 216 g/mol. The lowest BCUT2D eigenvalue weighted by molar-refractivity contribution is 0.243. The molecule has 16 heavy (non-hydrogen) atoms. The number of likely N-dealkylation sites (tertiary alicyclic amines) is 1. The third-order valence-electron chi connectivity index (χ3n) is 4.08. The third-order valence-corrected chi connectivity index (χ3v) is 4.08. The summed E-state index contributed by atoms with van der Waals surface area (Å²) in [6.07, 6.45) is 2.41. The van der Waals surface area contributed by atoms with E-state index in [4.69, 9.17) is 0 Å². The summed E-state index contributed by atoms with van der Waals surface area (Å²) in [5.74, 6) is 0.709. The standard InChI is InChI=1S/C14H20N2/c1-3-10-4-5-13-11(8-10)12-9-16(2)7-6-14(12)15-13/h4-5,8,12,14-15H,3,6-7,9H2,1-2H3. The van der Waals surface area contributed by atoms with Gasteiger partial charge in [-0.15, -0.1) is 0 Å². The number of nitrogens with one attached hydrogen (secondary N) is 1. The summed E-state index contributed by atoms with van der Waals surface area (Å²) >= 11 is 0. The normalized spacial score (nSPS) is 28.4. The molecular weight excluding hydrogens is 196 g/mol. The monoisotopic (exact) mass is 216 g/mol. The van der Waals surface area contributed by atoms with Gasteiger partial charge in [0.05, 0.1) is 0 Å². The first-order valence-electron chi connectivity index (χ1n) is 6.36. The van der Waals surface area contributed by atoms with Gasteiger partial charge in [-0.05, 0) is 43.6 Å². The number of hydrogen-bond acceptors (Lipinski definition) is 2. The molecule has 1 fully saturated rings. The van der Waals surface area contributed by atoms with Crippen molar-refractivity contribution in [3.8, 4) is 0 Å². The van der Waals surface area contributed by atoms with Gasteiger partial charge in [0.1, 0.15) is 0 Å². The Bertz CT molecular complexity index is 400. The first-order valence-corrected chi connectivity index (χ1v) is 6.36. The zero-order valence-corrected chi connectivity index (χ0v) is 10.2. The van der Waals surface area contributed by atoms with Gasteiger partial charge >= 0.3 is 0 Å². The van der Waals surface area contributed by atoms with E-state index in [9.17, 15) is 0 Å². The Balaban J connectivity index is 1.95. The third kappa shape index (κ3) is 1.52. The molecule has 0 saturated carbocycles. The molecule has 86 valence electrons. The number of benzene rings is 1. The van der Waals surface area contributed by atoms with Crippen molar-refractivity contribution < 1.29 is 0 Å². The van der Waals surface area contributed by atoms with Gasteiger partial charge in [0.25, 0.3) is 0 Å². The lowest BCUT2D eigenvalue weighted by Gasteiger charge is -2.32. The molecule has 2 aliphatic heterocycles. The number of anilines is 1. The molecule has 2 atom stereocenters. The minimum Gasteiger partial charge on any atom is -0.381 e. The minimum absolute atomic E-state index is 0.679. The second-order valence-corrected chi connectivity index (χ2v) is 5.18. The molecular formula is C14H20N2. The van der Waals surface area contributed by atoms with Gasteiger partial charge in [0.2, 0.25) is 0 Å². The molecule has 0 aliphatic carbocycles. The number of aryl methyl sites for hydroxylation is 1. The highest BCUT2D eigenvalue weighted by molar-refractivity contribution is 5.61. The highest BCUT2D eigenvalue weighted by atomic mass is 15.1. The van der Waals surface area contributed by atoms with Gasteiger partial charge in [-0.2, -0.15) is 0 Å². The highest BCUT2D eigenvalue weighted by Gasteiger charge is 2.35. The van der Waals surface area contributed by atoms with Gasteiger partial charge in [-0.1, -0.05) is 19.1 Å². The molecule has 2 nitrogen and oxygen atoms in total. The highest BCUT2D eigenvalue weighted by Crippen LogP contribution is 2.40. The lowest BCUT2D eigenvalue weighted by atomic mass is 9.89. The van der Waals surface area contributed by atoms with Crippen LogP contribution in [0.4, 0.5) is 5.69 Å². The summed E-state index contributed by atoms with van der Waals surface area (Å²) in [5.41, 5.74) is 4.40. The topological polar surface area (TPSA) is 15.3 Å². The van der Waals surface area contributed by atoms with Crippen molar-refractivity contribution >= 4 is 5.69 Å². The van der Waals surface area contributed by atoms with E-state index < -0.39 is 0 Å². The number of rotatable bonds is 1. The van der Waals surface area contributed by atoms with Crippen LogP contribution in [-0.2, 0) is 6.42 Å². The van der Waals surface area contributed by atoms with Crippen molar-refractivity contribution in [2.75, 3.05) is 25.5 Å². The second-order valence-electron chi connectivity index (χ2n) is 5.18. The van der Waals surface area contributed by atoms with Gasteiger partial charge in [-0.25, -0.2) is 0 Å². The average Bonchev–Trinajstić information content (AvgIpc) is 2.66. The van der Waals surface area contributed by atoms with E-state index in [0.29, 0.717) is 12.0 Å². The summed E-state index contributed by atoms with van der Waals surface area (Å²) in [5, 5.41) is 3.68. The number of likely N-dealkylation sites (N-methyl/N-ethyl adjacent to an activating group) is 1. The van der Waals surface area contributed by atoms with E-state index in [1.54, 1.807) is 5.56 Å². The number of fused-ring (bicyclic) bond motifs is 3. The molecule has 0 amide bonds. The molecule has 2 aliphatic rings. The molecule has 0 spiro atoms. The van der Waals surface area contributed by atoms with E-state index in [1.807, 2.05) is 0 Å². The zero-order valence-electron chi connectivity index (χ0n) is 10.2. The molecule has 1 aromatic rings. The van der Waals surface area contributed by atoms with Crippen molar-refractivity contribution in [2.24, 2.45) is 0 Å². The predicted octanol–water partition coefficient (Wildman–Crippen LogP) is 2.46. The fourth-order valence-corrected chi connectivity index (χ4v) is 3.07. The van der Waals surface area contributed by atoms with Gasteiger partial charge in [-0.3, -0.25) is 0 Å². The second kappa shape index (κ2) is 3.77. The quantitative estimate of drug-likeness (QED) is 0.775. The molecule has 1 aromatic carbocycles. The number of piperidine rings is 1. The molecule has 2 heteroatoms. The summed E-state index contributed by atoms with van der Waals surface area (Å²) in [6, 6.07) is 7.62. The van der Waals surface area contributed by atoms with Crippen LogP contribution in [0.1, 0.15) is 30.4 Å². The van der Waals surface area contributed by atoms with Crippen LogP contribution in [0.25, 0.3) is 0 Å². The van der Waals surface area contributed by atoms with Gasteiger partial charge < -0.3 is 10.2 Å². The van der Waals surface area contributed by atoms with Crippen molar-refractivity contribution in [2.45, 2.75) is 31.7 Å². The Morgan fingerprint density at radius 3 is 3.12 bits per heavy atom. The Morgan fingerprint density at radius 1 is 1.44 bits per heavy atom. The Labute approximate surface area is 97.6 Å². The predicted molar refractivity (Wildman–Crippen MR) is 68.1 cm³/mol. The van der Waals surface area contributed by atoms with Crippen LogP contribution in [0.2, 0.25) is 0 Å². The molecule has 0 bridgehead atoms. The largest absolute Gasteiger partial charge is 0.381 e. The van der Waals surface area contributed by atoms with Crippen molar-refractivity contribution in [3.63, 3.8) is 0 Å². The van der Waals surface area contributed by atoms with Gasteiger partial charge in [0.15, 0.2) is 0 Å². The van der Waals surface area contributed by atoms with E-state index in [2.05, 4.69) is 42.4 Å². The fraction of sp³-hybridized carbons (Fsp3) is 0.571. The Kier molecular flexibility index (Phi) is 2.40. The van der Waals surface area contributed by atoms with E-state index >= 15 is 0 Å². The smallest absolute Gasteiger partial charge is 0.0379 e. The maximum atomic E-state index is 3.68. The number of hydrogen-bond donors (Lipinski definition) is 1. The first-order chi connectivity index (χ1) is 7.78. The van der Waals surface area contributed by atoms with Crippen LogP contribution in [0.15, 0.2) is 18.2 Å². The van der Waals surface area contributed by atoms with Crippen LogP contribution in [0, 0.1) is 0 Å². The van der Waals surface area contributed by atoms with E-state index in [0.717, 1.165) is 6.42 Å². The summed E-state index contributed by atoms with van der Waals surface area (Å²) < 4.78 is 0. The molecule has 1 saturated heterocycles. The van der Waals surface area contributed by atoms with Crippen molar-refractivity contribution in [1.82, 2.24) is 4.90 Å². The molecule has 2 heterocycles. The van der Waals surface area contributed by atoms with Crippen LogP contribution >= 0.6 is 0 Å². The molecule has 0 radical (unpaired) electrons. The lowest BCUT2D eigenvalue weighted by Crippen LogP contribution is -2.39. The number of nitrogens with zero attached hydrogens (tertiary/aromatic N) is 1. The summed E-state index contributed by atoms with van der Waals surface area (Å²) in [6.45, 7) is 4.66. The molecule has 0 aromatic heterocycles. The van der Waals surface area contributed by atoms with Crippen molar-refractivity contribution in [1.29, 1.82) is 0 Å². The van der Waals surface area contributed by atoms with Crippen LogP contribution in [0.3, 0.4) is 0 Å². The first kappa shape index (κ1) is 10.2. The SMILES string of the molecule is CCc1ccc2c(c1)C1CN(C)CCC1N2. The molecule has 3 rings (SSSR count). The van der Waals surface area contributed by atoms with Crippen LogP contribution in [-0.4, -0.2) is 31.1 Å². The molecule has 1 N–H and O–H groups in total. The van der Waals surface area contributed by atoms with Gasteiger partial charge in [0, 0.05) is 24.2 Å². The summed E-state index contributed by atoms with van der Waals surface area (Å²) in [4.78, 5) is 2.45. The minimum atomic E-state index is 0.679. The van der Waals surface area contributed by atoms with E-state index in [1.165, 1.54) is 30.8 Å². The maximum absolute atomic E-state index is 3.68. The maximum Gasteiger partial charge on any atom is 0.0379 e. The zero-order chi connectivity index (χ0) is 11.1. The molecule has 2 unspecified atom stereocenters. The van der Waals surface area contributed by atoms with E-state index in [-0.39, 0.29) is 0 Å². The Morgan fingerprint density at radius 2 is 2.31 bits per heavy atom. The summed E-state index contributed by atoms with van der Waals surface area (Å²) in [7, 11) is 2.23.